The predicted molar refractivity (Wildman–Crippen MR) is 116 cm³/mol. The number of halogens is 1. The Morgan fingerprint density at radius 1 is 1.13 bits per heavy atom. The molecule has 2 aromatic rings. The average Bonchev–Trinajstić information content (AvgIpc) is 2.71. The Bertz CT molecular complexity index is 1020. The number of rotatable bonds is 6. The van der Waals surface area contributed by atoms with Crippen LogP contribution in [-0.2, 0) is 19.6 Å². The average molecular weight is 453 g/mol. The largest absolute Gasteiger partial charge is 0.478 e. The molecule has 30 heavy (non-hydrogen) atoms. The monoisotopic (exact) mass is 452 g/mol. The van der Waals surface area contributed by atoms with Gasteiger partial charge in [-0.05, 0) is 62.7 Å². The van der Waals surface area contributed by atoms with E-state index in [4.69, 9.17) is 21.1 Å². The zero-order valence-corrected chi connectivity index (χ0v) is 18.7. The van der Waals surface area contributed by atoms with Crippen LogP contribution in [0.3, 0.4) is 0 Å². The van der Waals surface area contributed by atoms with E-state index in [-0.39, 0.29) is 4.90 Å². The Kier molecular flexibility index (Phi) is 6.71. The van der Waals surface area contributed by atoms with Gasteiger partial charge in [0.05, 0.1) is 18.1 Å². The summed E-state index contributed by atoms with van der Waals surface area (Å²) in [5, 5.41) is 3.37. The van der Waals surface area contributed by atoms with Gasteiger partial charge in [0, 0.05) is 23.8 Å². The normalized spacial score (nSPS) is 15.6. The van der Waals surface area contributed by atoms with Gasteiger partial charge in [0.15, 0.2) is 5.60 Å². The number of hydrogen-bond acceptors (Lipinski definition) is 5. The second-order valence-electron chi connectivity index (χ2n) is 7.51. The first-order valence-corrected chi connectivity index (χ1v) is 11.4. The summed E-state index contributed by atoms with van der Waals surface area (Å²) < 4.78 is 38.3. The highest BCUT2D eigenvalue weighted by atomic mass is 35.5. The van der Waals surface area contributed by atoms with Gasteiger partial charge in [-0.1, -0.05) is 17.7 Å². The van der Waals surface area contributed by atoms with Crippen LogP contribution in [0.25, 0.3) is 0 Å². The maximum Gasteiger partial charge on any atom is 0.267 e. The number of morpholine rings is 1. The van der Waals surface area contributed by atoms with Crippen molar-refractivity contribution in [1.29, 1.82) is 0 Å². The molecular weight excluding hydrogens is 428 g/mol. The van der Waals surface area contributed by atoms with Crippen molar-refractivity contribution in [2.45, 2.75) is 31.3 Å². The van der Waals surface area contributed by atoms with Crippen LogP contribution in [-0.4, -0.2) is 50.5 Å². The number of amides is 1. The number of benzene rings is 2. The summed E-state index contributed by atoms with van der Waals surface area (Å²) in [7, 11) is -3.67. The molecule has 0 aliphatic carbocycles. The molecule has 0 unspecified atom stereocenters. The predicted octanol–water partition coefficient (Wildman–Crippen LogP) is 3.47. The standard InChI is InChI=1S/C21H25ClN2O5S/c1-15-4-9-18(30(26,27)24-10-12-28-13-11-24)14-19(15)23-20(25)21(2,3)29-17-7-5-16(22)6-8-17/h4-9,14H,10-13H2,1-3H3,(H,23,25). The van der Waals surface area contributed by atoms with Gasteiger partial charge >= 0.3 is 0 Å². The van der Waals surface area contributed by atoms with E-state index >= 15 is 0 Å². The molecule has 0 atom stereocenters. The van der Waals surface area contributed by atoms with Crippen LogP contribution in [0.1, 0.15) is 19.4 Å². The summed E-state index contributed by atoms with van der Waals surface area (Å²) in [5.41, 5.74) is -0.0343. The van der Waals surface area contributed by atoms with Crippen LogP contribution >= 0.6 is 11.6 Å². The third-order valence-electron chi connectivity index (χ3n) is 4.80. The molecule has 1 aliphatic rings. The molecule has 3 rings (SSSR count). The number of carbonyl (C=O) groups excluding carboxylic acids is 1. The molecule has 2 aromatic carbocycles. The number of aryl methyl sites for hydroxylation is 1. The Hall–Kier alpha value is -2.13. The molecular formula is C21H25ClN2O5S. The van der Waals surface area contributed by atoms with Crippen molar-refractivity contribution < 1.29 is 22.7 Å². The molecule has 0 aromatic heterocycles. The van der Waals surface area contributed by atoms with Crippen molar-refractivity contribution >= 4 is 33.2 Å². The Labute approximate surface area is 182 Å². The second-order valence-corrected chi connectivity index (χ2v) is 9.89. The van der Waals surface area contributed by atoms with Crippen molar-refractivity contribution in [2.24, 2.45) is 0 Å². The first-order valence-electron chi connectivity index (χ1n) is 9.54. The van der Waals surface area contributed by atoms with Gasteiger partial charge in [-0.15, -0.1) is 0 Å². The maximum absolute atomic E-state index is 12.9. The zero-order valence-electron chi connectivity index (χ0n) is 17.1. The first-order chi connectivity index (χ1) is 14.1. The van der Waals surface area contributed by atoms with E-state index in [1.165, 1.54) is 10.4 Å². The van der Waals surface area contributed by atoms with Gasteiger partial charge in [0.25, 0.3) is 5.91 Å². The Balaban J connectivity index is 1.79. The summed E-state index contributed by atoms with van der Waals surface area (Å²) in [6.45, 7) is 6.42. The SMILES string of the molecule is Cc1ccc(S(=O)(=O)N2CCOCC2)cc1NC(=O)C(C)(C)Oc1ccc(Cl)cc1. The fourth-order valence-corrected chi connectivity index (χ4v) is 4.51. The maximum atomic E-state index is 12.9. The molecule has 162 valence electrons. The van der Waals surface area contributed by atoms with Crippen molar-refractivity contribution in [1.82, 2.24) is 4.31 Å². The number of ether oxygens (including phenoxy) is 2. The van der Waals surface area contributed by atoms with E-state index < -0.39 is 21.5 Å². The number of carbonyl (C=O) groups is 1. The van der Waals surface area contributed by atoms with E-state index in [0.29, 0.717) is 42.8 Å². The Morgan fingerprint density at radius 2 is 1.77 bits per heavy atom. The number of nitrogens with one attached hydrogen (secondary N) is 1. The highest BCUT2D eigenvalue weighted by molar-refractivity contribution is 7.89. The number of hydrogen-bond donors (Lipinski definition) is 1. The van der Waals surface area contributed by atoms with Crippen LogP contribution in [0.4, 0.5) is 5.69 Å². The van der Waals surface area contributed by atoms with E-state index in [0.717, 1.165) is 5.56 Å². The quantitative estimate of drug-likeness (QED) is 0.725. The molecule has 7 nitrogen and oxygen atoms in total. The van der Waals surface area contributed by atoms with Gasteiger partial charge in [0.2, 0.25) is 10.0 Å². The van der Waals surface area contributed by atoms with Gasteiger partial charge in [-0.2, -0.15) is 4.31 Å². The summed E-state index contributed by atoms with van der Waals surface area (Å²) in [4.78, 5) is 13.0. The van der Waals surface area contributed by atoms with Crippen molar-refractivity contribution in [2.75, 3.05) is 31.6 Å². The van der Waals surface area contributed by atoms with Crippen LogP contribution in [0.2, 0.25) is 5.02 Å². The molecule has 1 aliphatic heterocycles. The lowest BCUT2D eigenvalue weighted by Crippen LogP contribution is -2.43. The van der Waals surface area contributed by atoms with Crippen molar-refractivity contribution in [3.63, 3.8) is 0 Å². The lowest BCUT2D eigenvalue weighted by molar-refractivity contribution is -0.128. The Morgan fingerprint density at radius 3 is 2.40 bits per heavy atom. The molecule has 1 saturated heterocycles. The summed E-state index contributed by atoms with van der Waals surface area (Å²) in [6.07, 6.45) is 0. The van der Waals surface area contributed by atoms with Crippen LogP contribution < -0.4 is 10.1 Å². The second kappa shape index (κ2) is 8.93. The van der Waals surface area contributed by atoms with Gasteiger partial charge < -0.3 is 14.8 Å². The highest BCUT2D eigenvalue weighted by Gasteiger charge is 2.31. The number of sulfonamides is 1. The lowest BCUT2D eigenvalue weighted by atomic mass is 10.1. The minimum Gasteiger partial charge on any atom is -0.478 e. The van der Waals surface area contributed by atoms with Crippen molar-refractivity contribution in [3.05, 3.63) is 53.1 Å². The molecule has 1 heterocycles. The molecule has 1 fully saturated rings. The van der Waals surface area contributed by atoms with Gasteiger partial charge in [0.1, 0.15) is 5.75 Å². The molecule has 9 heteroatoms. The van der Waals surface area contributed by atoms with E-state index in [1.54, 1.807) is 57.2 Å². The van der Waals surface area contributed by atoms with Crippen LogP contribution in [0.15, 0.2) is 47.4 Å². The molecule has 0 bridgehead atoms. The molecule has 0 spiro atoms. The van der Waals surface area contributed by atoms with E-state index in [2.05, 4.69) is 5.32 Å². The fraction of sp³-hybridized carbons (Fsp3) is 0.381. The smallest absolute Gasteiger partial charge is 0.267 e. The summed E-state index contributed by atoms with van der Waals surface area (Å²) in [6, 6.07) is 11.4. The number of anilines is 1. The van der Waals surface area contributed by atoms with Gasteiger partial charge in [-0.25, -0.2) is 8.42 Å². The topological polar surface area (TPSA) is 84.9 Å². The number of nitrogens with zero attached hydrogens (tertiary/aromatic N) is 1. The first kappa shape index (κ1) is 22.6. The lowest BCUT2D eigenvalue weighted by Gasteiger charge is -2.27. The van der Waals surface area contributed by atoms with E-state index in [9.17, 15) is 13.2 Å². The highest BCUT2D eigenvalue weighted by Crippen LogP contribution is 2.26. The molecule has 1 amide bonds. The third-order valence-corrected chi connectivity index (χ3v) is 6.95. The van der Waals surface area contributed by atoms with Crippen LogP contribution in [0.5, 0.6) is 5.75 Å². The van der Waals surface area contributed by atoms with E-state index in [1.807, 2.05) is 0 Å². The van der Waals surface area contributed by atoms with Crippen LogP contribution in [0, 0.1) is 6.92 Å². The van der Waals surface area contributed by atoms with Crippen molar-refractivity contribution in [3.8, 4) is 5.75 Å². The third kappa shape index (κ3) is 5.13. The minimum absolute atomic E-state index is 0.127. The zero-order chi connectivity index (χ0) is 21.9. The summed E-state index contributed by atoms with van der Waals surface area (Å²) in [5.74, 6) is 0.0985. The fourth-order valence-electron chi connectivity index (χ4n) is 2.95. The summed E-state index contributed by atoms with van der Waals surface area (Å²) >= 11 is 5.88. The molecule has 1 N–H and O–H groups in total. The van der Waals surface area contributed by atoms with Gasteiger partial charge in [-0.3, -0.25) is 4.79 Å². The molecule has 0 saturated carbocycles. The molecule has 0 radical (unpaired) electrons. The minimum atomic E-state index is -3.67.